The van der Waals surface area contributed by atoms with Crippen LogP contribution >= 0.6 is 11.8 Å². The van der Waals surface area contributed by atoms with Crippen LogP contribution in [0.3, 0.4) is 0 Å². The van der Waals surface area contributed by atoms with Crippen LogP contribution < -0.4 is 0 Å². The van der Waals surface area contributed by atoms with Crippen LogP contribution in [0.25, 0.3) is 0 Å². The van der Waals surface area contributed by atoms with Crippen molar-refractivity contribution in [3.8, 4) is 6.07 Å². The summed E-state index contributed by atoms with van der Waals surface area (Å²) in [6.07, 6.45) is 4.93. The van der Waals surface area contributed by atoms with E-state index in [1.807, 2.05) is 24.4 Å². The zero-order chi connectivity index (χ0) is 9.86. The van der Waals surface area contributed by atoms with Crippen molar-refractivity contribution in [2.45, 2.75) is 24.3 Å². The summed E-state index contributed by atoms with van der Waals surface area (Å²) in [5, 5.41) is 9.73. The van der Waals surface area contributed by atoms with Gasteiger partial charge in [0.05, 0.1) is 11.1 Å². The van der Waals surface area contributed by atoms with E-state index < -0.39 is 0 Å². The first kappa shape index (κ1) is 9.54. The summed E-state index contributed by atoms with van der Waals surface area (Å²) in [4.78, 5) is 4.25. The molecule has 3 heteroatoms. The molecule has 0 aromatic carbocycles. The highest BCUT2D eigenvalue weighted by atomic mass is 32.2. The maximum atomic E-state index is 8.66. The number of hydrogen-bond acceptors (Lipinski definition) is 3. The van der Waals surface area contributed by atoms with Crippen LogP contribution in [0, 0.1) is 16.7 Å². The molecule has 1 aromatic rings. The van der Waals surface area contributed by atoms with Crippen LogP contribution in [-0.2, 0) is 0 Å². The third kappa shape index (κ3) is 2.27. The molecular formula is C11H12N2S. The number of pyridine rings is 1. The third-order valence-corrected chi connectivity index (χ3v) is 3.87. The van der Waals surface area contributed by atoms with Crippen molar-refractivity contribution in [1.82, 2.24) is 4.98 Å². The predicted octanol–water partition coefficient (Wildman–Crippen LogP) is 2.87. The van der Waals surface area contributed by atoms with E-state index in [9.17, 15) is 0 Å². The lowest BCUT2D eigenvalue weighted by Crippen LogP contribution is -2.02. The molecule has 2 rings (SSSR count). The SMILES string of the molecule is N#CCC1(CSc2ccccn2)CC1. The zero-order valence-electron chi connectivity index (χ0n) is 7.94. The molecule has 1 aliphatic rings. The predicted molar refractivity (Wildman–Crippen MR) is 56.9 cm³/mol. The standard InChI is InChI=1S/C11H12N2S/c12-7-6-11(4-5-11)9-14-10-3-1-2-8-13-10/h1-3,8H,4-6,9H2. The summed E-state index contributed by atoms with van der Waals surface area (Å²) < 4.78 is 0. The first-order valence-corrected chi connectivity index (χ1v) is 5.74. The Morgan fingerprint density at radius 3 is 2.93 bits per heavy atom. The molecule has 2 nitrogen and oxygen atoms in total. The topological polar surface area (TPSA) is 36.7 Å². The van der Waals surface area contributed by atoms with Crippen molar-refractivity contribution < 1.29 is 0 Å². The molecule has 0 radical (unpaired) electrons. The van der Waals surface area contributed by atoms with Gasteiger partial charge in [0.15, 0.2) is 0 Å². The van der Waals surface area contributed by atoms with Gasteiger partial charge in [-0.2, -0.15) is 5.26 Å². The molecule has 0 unspecified atom stereocenters. The summed E-state index contributed by atoms with van der Waals surface area (Å²) in [6.45, 7) is 0. The quantitative estimate of drug-likeness (QED) is 0.708. The zero-order valence-corrected chi connectivity index (χ0v) is 8.76. The number of thioether (sulfide) groups is 1. The van der Waals surface area contributed by atoms with Crippen LogP contribution in [0.4, 0.5) is 0 Å². The largest absolute Gasteiger partial charge is 0.250 e. The van der Waals surface area contributed by atoms with Gasteiger partial charge >= 0.3 is 0 Å². The molecule has 14 heavy (non-hydrogen) atoms. The Labute approximate surface area is 88.4 Å². The summed E-state index contributed by atoms with van der Waals surface area (Å²) >= 11 is 1.77. The van der Waals surface area contributed by atoms with Crippen LogP contribution in [-0.4, -0.2) is 10.7 Å². The Bertz CT molecular complexity index is 338. The van der Waals surface area contributed by atoms with E-state index in [4.69, 9.17) is 5.26 Å². The van der Waals surface area contributed by atoms with E-state index >= 15 is 0 Å². The first-order chi connectivity index (χ1) is 6.85. The van der Waals surface area contributed by atoms with Gasteiger partial charge in [-0.3, -0.25) is 0 Å². The van der Waals surface area contributed by atoms with Gasteiger partial charge in [0.2, 0.25) is 0 Å². The van der Waals surface area contributed by atoms with Gasteiger partial charge in [-0.15, -0.1) is 11.8 Å². The van der Waals surface area contributed by atoms with Gasteiger partial charge in [0.25, 0.3) is 0 Å². The van der Waals surface area contributed by atoms with Crippen LogP contribution in [0.1, 0.15) is 19.3 Å². The summed E-state index contributed by atoms with van der Waals surface area (Å²) in [6, 6.07) is 8.22. The highest BCUT2D eigenvalue weighted by Crippen LogP contribution is 2.51. The second-order valence-electron chi connectivity index (χ2n) is 3.79. The molecule has 0 N–H and O–H groups in total. The van der Waals surface area contributed by atoms with E-state index in [2.05, 4.69) is 11.1 Å². The lowest BCUT2D eigenvalue weighted by Gasteiger charge is -2.08. The Kier molecular flexibility index (Phi) is 2.74. The number of hydrogen-bond donors (Lipinski definition) is 0. The Morgan fingerprint density at radius 2 is 2.36 bits per heavy atom. The van der Waals surface area contributed by atoms with Crippen molar-refractivity contribution in [2.24, 2.45) is 5.41 Å². The molecule has 1 aromatic heterocycles. The maximum absolute atomic E-state index is 8.66. The van der Waals surface area contributed by atoms with Gasteiger partial charge < -0.3 is 0 Å². The monoisotopic (exact) mass is 204 g/mol. The molecule has 1 aliphatic carbocycles. The number of rotatable bonds is 4. The molecule has 0 amide bonds. The second-order valence-corrected chi connectivity index (χ2v) is 4.79. The fourth-order valence-electron chi connectivity index (χ4n) is 1.38. The highest BCUT2D eigenvalue weighted by Gasteiger charge is 2.42. The van der Waals surface area contributed by atoms with Crippen molar-refractivity contribution in [2.75, 3.05) is 5.75 Å². The highest BCUT2D eigenvalue weighted by molar-refractivity contribution is 7.99. The van der Waals surface area contributed by atoms with Gasteiger partial charge in [-0.05, 0) is 30.4 Å². The minimum atomic E-state index is 0.316. The van der Waals surface area contributed by atoms with Gasteiger partial charge in [-0.25, -0.2) is 4.98 Å². The molecule has 1 fully saturated rings. The fourth-order valence-corrected chi connectivity index (χ4v) is 2.53. The molecule has 1 saturated carbocycles. The lowest BCUT2D eigenvalue weighted by atomic mass is 10.1. The Balaban J connectivity index is 1.87. The van der Waals surface area contributed by atoms with Crippen molar-refractivity contribution in [3.05, 3.63) is 24.4 Å². The molecule has 0 atom stereocenters. The van der Waals surface area contributed by atoms with Gasteiger partial charge in [-0.1, -0.05) is 6.07 Å². The normalized spacial score (nSPS) is 17.4. The number of nitriles is 1. The van der Waals surface area contributed by atoms with Crippen molar-refractivity contribution in [1.29, 1.82) is 5.26 Å². The molecule has 0 saturated heterocycles. The van der Waals surface area contributed by atoms with Gasteiger partial charge in [0, 0.05) is 18.4 Å². The minimum absolute atomic E-state index is 0.316. The summed E-state index contributed by atoms with van der Waals surface area (Å²) in [7, 11) is 0. The van der Waals surface area contributed by atoms with Crippen molar-refractivity contribution in [3.63, 3.8) is 0 Å². The number of nitrogens with zero attached hydrogens (tertiary/aromatic N) is 2. The molecule has 0 spiro atoms. The summed E-state index contributed by atoms with van der Waals surface area (Å²) in [5.74, 6) is 1.04. The molecule has 1 heterocycles. The second kappa shape index (κ2) is 4.02. The Morgan fingerprint density at radius 1 is 1.50 bits per heavy atom. The molecule has 0 bridgehead atoms. The smallest absolute Gasteiger partial charge is 0.0959 e. The average molecular weight is 204 g/mol. The van der Waals surface area contributed by atoms with Gasteiger partial charge in [0.1, 0.15) is 0 Å². The van der Waals surface area contributed by atoms with E-state index in [1.165, 1.54) is 12.8 Å². The lowest BCUT2D eigenvalue weighted by molar-refractivity contribution is 0.604. The van der Waals surface area contributed by atoms with Crippen LogP contribution in [0.15, 0.2) is 29.4 Å². The molecular weight excluding hydrogens is 192 g/mol. The fraction of sp³-hybridized carbons (Fsp3) is 0.455. The van der Waals surface area contributed by atoms with E-state index in [-0.39, 0.29) is 0 Å². The van der Waals surface area contributed by atoms with Crippen LogP contribution in [0.2, 0.25) is 0 Å². The van der Waals surface area contributed by atoms with E-state index in [0.717, 1.165) is 10.8 Å². The van der Waals surface area contributed by atoms with E-state index in [1.54, 1.807) is 11.8 Å². The third-order valence-electron chi connectivity index (χ3n) is 2.58. The molecule has 72 valence electrons. The average Bonchev–Trinajstić information content (AvgIpc) is 2.98. The maximum Gasteiger partial charge on any atom is 0.0959 e. The van der Waals surface area contributed by atoms with Crippen molar-refractivity contribution >= 4 is 11.8 Å². The number of aromatic nitrogens is 1. The van der Waals surface area contributed by atoms with E-state index in [0.29, 0.717) is 11.8 Å². The van der Waals surface area contributed by atoms with Crippen LogP contribution in [0.5, 0.6) is 0 Å². The first-order valence-electron chi connectivity index (χ1n) is 4.75. The minimum Gasteiger partial charge on any atom is -0.250 e. The Hall–Kier alpha value is -1.01. The summed E-state index contributed by atoms with van der Waals surface area (Å²) in [5.41, 5.74) is 0.316. The molecule has 0 aliphatic heterocycles.